The summed E-state index contributed by atoms with van der Waals surface area (Å²) in [6.07, 6.45) is -7.08. The van der Waals surface area contributed by atoms with Gasteiger partial charge in [-0.15, -0.1) is 0 Å². The quantitative estimate of drug-likeness (QED) is 0.220. The summed E-state index contributed by atoms with van der Waals surface area (Å²) >= 11 is 0. The van der Waals surface area contributed by atoms with Crippen molar-refractivity contribution in [2.45, 2.75) is 36.6 Å². The van der Waals surface area contributed by atoms with Gasteiger partial charge in [0.15, 0.2) is 0 Å². The fraction of sp³-hybridized carbons (Fsp3) is 0.875. The summed E-state index contributed by atoms with van der Waals surface area (Å²) in [7, 11) is 0. The van der Waals surface area contributed by atoms with E-state index in [0.717, 1.165) is 0 Å². The van der Waals surface area contributed by atoms with Crippen LogP contribution in [0.2, 0.25) is 0 Å². The number of rotatable bonds is 4. The monoisotopic (exact) mass is 263 g/mol. The second-order valence-electron chi connectivity index (χ2n) is 3.91. The minimum absolute atomic E-state index is 0.499. The van der Waals surface area contributed by atoms with E-state index < -0.39 is 49.1 Å². The predicted octanol–water partition coefficient (Wildman–Crippen LogP) is -2.06. The van der Waals surface area contributed by atoms with Gasteiger partial charge in [0, 0.05) is 11.3 Å². The number of ether oxygens (including phenoxy) is 1. The molecule has 1 aliphatic heterocycles. The molecule has 0 amide bonds. The molecular weight excluding hydrogens is 250 g/mol. The van der Waals surface area contributed by atoms with Crippen molar-refractivity contribution in [2.24, 2.45) is 5.11 Å². The lowest BCUT2D eigenvalue weighted by atomic mass is 9.92. The molecule has 0 saturated carbocycles. The first-order valence-corrected chi connectivity index (χ1v) is 5.00. The zero-order valence-corrected chi connectivity index (χ0v) is 9.12. The minimum Gasteiger partial charge on any atom is -0.477 e. The molecule has 5 atom stereocenters. The van der Waals surface area contributed by atoms with Gasteiger partial charge in [-0.2, -0.15) is 0 Å². The molecule has 0 aromatic carbocycles. The average molecular weight is 263 g/mol. The maximum absolute atomic E-state index is 10.8. The Hall–Kier alpha value is -1.42. The molecule has 0 aromatic heterocycles. The Balaban J connectivity index is 2.88. The average Bonchev–Trinajstić information content (AvgIpc) is 2.30. The van der Waals surface area contributed by atoms with Crippen LogP contribution in [0.15, 0.2) is 5.11 Å². The molecule has 10 nitrogen and oxygen atoms in total. The zero-order chi connectivity index (χ0) is 13.9. The highest BCUT2D eigenvalue weighted by Gasteiger charge is 2.52. The van der Waals surface area contributed by atoms with Gasteiger partial charge in [0.25, 0.3) is 5.79 Å². The number of hydrogen-bond acceptors (Lipinski definition) is 7. The fourth-order valence-corrected chi connectivity index (χ4v) is 1.63. The van der Waals surface area contributed by atoms with Crippen LogP contribution in [-0.2, 0) is 9.53 Å². The summed E-state index contributed by atoms with van der Waals surface area (Å²) in [5, 5.41) is 49.9. The van der Waals surface area contributed by atoms with E-state index in [0.29, 0.717) is 0 Å². The highest BCUT2D eigenvalue weighted by molar-refractivity contribution is 5.75. The Kier molecular flexibility index (Phi) is 4.46. The lowest BCUT2D eigenvalue weighted by Crippen LogP contribution is -2.61. The molecule has 18 heavy (non-hydrogen) atoms. The smallest absolute Gasteiger partial charge is 0.364 e. The molecule has 102 valence electrons. The summed E-state index contributed by atoms with van der Waals surface area (Å²) in [6.45, 7) is -0.499. The Morgan fingerprint density at radius 1 is 1.61 bits per heavy atom. The molecule has 0 bridgehead atoms. The number of azide groups is 1. The van der Waals surface area contributed by atoms with E-state index in [2.05, 4.69) is 14.8 Å². The third-order valence-corrected chi connectivity index (χ3v) is 2.59. The van der Waals surface area contributed by atoms with Crippen LogP contribution in [0, 0.1) is 0 Å². The van der Waals surface area contributed by atoms with Crippen molar-refractivity contribution in [3.05, 3.63) is 10.4 Å². The molecule has 1 rings (SSSR count). The zero-order valence-electron chi connectivity index (χ0n) is 9.12. The molecule has 1 aliphatic rings. The first-order chi connectivity index (χ1) is 8.31. The Labute approximate surface area is 101 Å². The SMILES string of the molecule is [N-]=[N+]=NC[C@@H](O)C1O[C@@](O)(C(=O)O)CC(O)[C@H]1O. The van der Waals surface area contributed by atoms with Crippen molar-refractivity contribution in [3.8, 4) is 0 Å². The van der Waals surface area contributed by atoms with Crippen molar-refractivity contribution in [3.63, 3.8) is 0 Å². The van der Waals surface area contributed by atoms with Gasteiger partial charge in [-0.25, -0.2) is 4.79 Å². The van der Waals surface area contributed by atoms with Gasteiger partial charge in [-0.1, -0.05) is 5.11 Å². The van der Waals surface area contributed by atoms with E-state index in [1.54, 1.807) is 0 Å². The van der Waals surface area contributed by atoms with Gasteiger partial charge in [-0.3, -0.25) is 0 Å². The van der Waals surface area contributed by atoms with Crippen molar-refractivity contribution in [2.75, 3.05) is 6.54 Å². The van der Waals surface area contributed by atoms with Crippen molar-refractivity contribution < 1.29 is 35.1 Å². The topological polar surface area (TPSA) is 176 Å². The number of nitrogens with zero attached hydrogens (tertiary/aromatic N) is 3. The van der Waals surface area contributed by atoms with Gasteiger partial charge in [0.1, 0.15) is 12.2 Å². The third kappa shape index (κ3) is 2.88. The molecule has 0 spiro atoms. The van der Waals surface area contributed by atoms with E-state index >= 15 is 0 Å². The summed E-state index contributed by atoms with van der Waals surface area (Å²) < 4.78 is 4.69. The molecular formula is C8H13N3O7. The Morgan fingerprint density at radius 3 is 2.72 bits per heavy atom. The number of aliphatic hydroxyl groups excluding tert-OH is 3. The van der Waals surface area contributed by atoms with E-state index in [1.165, 1.54) is 0 Å². The largest absolute Gasteiger partial charge is 0.477 e. The second kappa shape index (κ2) is 5.48. The highest BCUT2D eigenvalue weighted by Crippen LogP contribution is 2.29. The molecule has 0 radical (unpaired) electrons. The summed E-state index contributed by atoms with van der Waals surface area (Å²) in [6, 6.07) is 0. The van der Waals surface area contributed by atoms with Crippen LogP contribution >= 0.6 is 0 Å². The molecule has 10 heteroatoms. The van der Waals surface area contributed by atoms with Gasteiger partial charge in [0.2, 0.25) is 0 Å². The Morgan fingerprint density at radius 2 is 2.22 bits per heavy atom. The molecule has 1 heterocycles. The van der Waals surface area contributed by atoms with Crippen LogP contribution < -0.4 is 0 Å². The van der Waals surface area contributed by atoms with Crippen LogP contribution in [-0.4, -0.2) is 68.2 Å². The van der Waals surface area contributed by atoms with E-state index in [1.807, 2.05) is 0 Å². The number of aliphatic hydroxyl groups is 4. The van der Waals surface area contributed by atoms with Crippen LogP contribution in [0.3, 0.4) is 0 Å². The summed E-state index contributed by atoms with van der Waals surface area (Å²) in [5.74, 6) is -4.46. The van der Waals surface area contributed by atoms with Gasteiger partial charge in [-0.05, 0) is 5.53 Å². The predicted molar refractivity (Wildman–Crippen MR) is 54.1 cm³/mol. The number of hydrogen-bond donors (Lipinski definition) is 5. The maximum Gasteiger partial charge on any atom is 0.364 e. The first kappa shape index (κ1) is 14.6. The lowest BCUT2D eigenvalue weighted by molar-refractivity contribution is -0.306. The lowest BCUT2D eigenvalue weighted by Gasteiger charge is -2.41. The van der Waals surface area contributed by atoms with E-state index in [4.69, 9.17) is 10.6 Å². The molecule has 1 saturated heterocycles. The standard InChI is InChI=1S/C8H13N3O7/c9-11-10-2-4(13)6-5(14)3(12)1-8(17,18-6)7(15)16/h3-6,12-14,17H,1-2H2,(H,15,16)/t3?,4-,5-,6?,8-/m1/s1. The first-order valence-electron chi connectivity index (χ1n) is 5.00. The van der Waals surface area contributed by atoms with Crippen LogP contribution in [0.5, 0.6) is 0 Å². The number of carboxylic acid groups (broad SMARTS) is 1. The van der Waals surface area contributed by atoms with Crippen LogP contribution in [0.1, 0.15) is 6.42 Å². The second-order valence-corrected chi connectivity index (χ2v) is 3.91. The Bertz CT molecular complexity index is 372. The third-order valence-electron chi connectivity index (χ3n) is 2.59. The van der Waals surface area contributed by atoms with E-state index in [9.17, 15) is 25.2 Å². The maximum atomic E-state index is 10.8. The normalized spacial score (nSPS) is 37.7. The summed E-state index contributed by atoms with van der Waals surface area (Å²) in [5.41, 5.74) is 8.07. The number of carbonyl (C=O) groups is 1. The molecule has 2 unspecified atom stereocenters. The molecule has 0 aliphatic carbocycles. The molecule has 5 N–H and O–H groups in total. The highest BCUT2D eigenvalue weighted by atomic mass is 16.7. The van der Waals surface area contributed by atoms with E-state index in [-0.39, 0.29) is 0 Å². The van der Waals surface area contributed by atoms with Gasteiger partial charge >= 0.3 is 5.97 Å². The minimum atomic E-state index is -2.71. The molecule has 1 fully saturated rings. The van der Waals surface area contributed by atoms with Gasteiger partial charge in [0.05, 0.1) is 18.8 Å². The van der Waals surface area contributed by atoms with Crippen molar-refractivity contribution in [1.82, 2.24) is 0 Å². The van der Waals surface area contributed by atoms with Crippen LogP contribution in [0.4, 0.5) is 0 Å². The fourth-order valence-electron chi connectivity index (χ4n) is 1.63. The number of carboxylic acids is 1. The van der Waals surface area contributed by atoms with Crippen molar-refractivity contribution >= 4 is 5.97 Å². The molecule has 0 aromatic rings. The van der Waals surface area contributed by atoms with Crippen molar-refractivity contribution in [1.29, 1.82) is 0 Å². The summed E-state index contributed by atoms with van der Waals surface area (Å²) in [4.78, 5) is 13.2. The van der Waals surface area contributed by atoms with Gasteiger partial charge < -0.3 is 30.3 Å². The van der Waals surface area contributed by atoms with Crippen LogP contribution in [0.25, 0.3) is 10.4 Å². The number of aliphatic carboxylic acids is 1.